The molecule has 3 heterocycles. The van der Waals surface area contributed by atoms with E-state index >= 15 is 0 Å². The number of carbonyl (C=O) groups excluding carboxylic acids is 1. The highest BCUT2D eigenvalue weighted by molar-refractivity contribution is 5.96. The maximum Gasteiger partial charge on any atom is 0.329 e. The molecule has 0 unspecified atom stereocenters. The molecule has 1 saturated heterocycles. The van der Waals surface area contributed by atoms with Crippen molar-refractivity contribution in [1.82, 2.24) is 30.0 Å². The third-order valence-electron chi connectivity index (χ3n) is 7.01. The summed E-state index contributed by atoms with van der Waals surface area (Å²) in [6.07, 6.45) is 2.63. The van der Waals surface area contributed by atoms with E-state index in [1.165, 1.54) is 5.69 Å². The van der Waals surface area contributed by atoms with Crippen LogP contribution in [0.2, 0.25) is 0 Å². The van der Waals surface area contributed by atoms with Crippen molar-refractivity contribution in [3.05, 3.63) is 47.3 Å². The van der Waals surface area contributed by atoms with Gasteiger partial charge in [0.15, 0.2) is 5.69 Å². The summed E-state index contributed by atoms with van der Waals surface area (Å²) in [7, 11) is 5.66. The predicted octanol–water partition coefficient (Wildman–Crippen LogP) is 1.63. The average molecular weight is 537 g/mol. The van der Waals surface area contributed by atoms with E-state index in [9.17, 15) is 4.79 Å². The highest BCUT2D eigenvalue weighted by Crippen LogP contribution is 2.43. The largest absolute Gasteiger partial charge is 0.480 e. The van der Waals surface area contributed by atoms with E-state index in [0.717, 1.165) is 60.8 Å². The van der Waals surface area contributed by atoms with E-state index in [0.29, 0.717) is 11.6 Å². The van der Waals surface area contributed by atoms with Gasteiger partial charge in [0, 0.05) is 63.4 Å². The minimum atomic E-state index is -1.19. The first-order valence-corrected chi connectivity index (χ1v) is 12.8. The van der Waals surface area contributed by atoms with Crippen molar-refractivity contribution in [3.63, 3.8) is 0 Å². The Morgan fingerprint density at radius 2 is 1.72 bits per heavy atom. The number of piperazine rings is 1. The van der Waals surface area contributed by atoms with Gasteiger partial charge in [0.25, 0.3) is 5.91 Å². The van der Waals surface area contributed by atoms with E-state index in [4.69, 9.17) is 20.0 Å². The molecule has 0 spiro atoms. The lowest BCUT2D eigenvalue weighted by Gasteiger charge is -2.34. The van der Waals surface area contributed by atoms with Crippen molar-refractivity contribution in [1.29, 1.82) is 0 Å². The van der Waals surface area contributed by atoms with Crippen LogP contribution in [-0.4, -0.2) is 93.6 Å². The smallest absolute Gasteiger partial charge is 0.329 e. The second-order valence-electron chi connectivity index (χ2n) is 10.4. The van der Waals surface area contributed by atoms with Crippen molar-refractivity contribution in [3.8, 4) is 11.4 Å². The Kier molecular flexibility index (Phi) is 8.17. The molecule has 0 bridgehead atoms. The third-order valence-corrected chi connectivity index (χ3v) is 7.01. The fraction of sp³-hybridized carbons (Fsp3) is 0.444. The van der Waals surface area contributed by atoms with E-state index < -0.39 is 12.6 Å². The topological polar surface area (TPSA) is 149 Å². The van der Waals surface area contributed by atoms with E-state index in [2.05, 4.69) is 75.7 Å². The molecular weight excluding hydrogens is 500 g/mol. The molecule has 2 aliphatic rings. The molecule has 0 atom stereocenters. The van der Waals surface area contributed by atoms with Crippen molar-refractivity contribution in [2.45, 2.75) is 25.7 Å². The number of rotatable bonds is 5. The number of carboxylic acid groups (broad SMARTS) is 1. The second-order valence-corrected chi connectivity index (χ2v) is 10.4. The molecule has 208 valence electrons. The highest BCUT2D eigenvalue weighted by Gasteiger charge is 2.39. The monoisotopic (exact) mass is 536 g/mol. The Hall–Kier alpha value is -4.03. The number of aliphatic carboxylic acids is 1. The molecule has 1 amide bonds. The molecule has 0 saturated carbocycles. The van der Waals surface area contributed by atoms with E-state index in [-0.39, 0.29) is 11.3 Å². The number of carboxylic acids is 1. The minimum absolute atomic E-state index is 0.179. The van der Waals surface area contributed by atoms with Crippen LogP contribution in [0.4, 0.5) is 17.3 Å². The molecular formula is C27H36N8O4. The number of nitrogens with zero attached hydrogens (tertiary/aromatic N) is 6. The zero-order chi connectivity index (χ0) is 28.3. The number of amides is 1. The zero-order valence-corrected chi connectivity index (χ0v) is 23.0. The molecule has 1 aliphatic carbocycles. The fourth-order valence-corrected chi connectivity index (χ4v) is 5.03. The highest BCUT2D eigenvalue weighted by atomic mass is 16.4. The summed E-state index contributed by atoms with van der Waals surface area (Å²) in [6.45, 7) is 7.74. The molecule has 1 fully saturated rings. The summed E-state index contributed by atoms with van der Waals surface area (Å²) in [5.74, 6) is -0.842. The van der Waals surface area contributed by atoms with Crippen molar-refractivity contribution in [2.75, 3.05) is 57.1 Å². The number of aliphatic hydroxyl groups is 1. The Morgan fingerprint density at radius 1 is 1.08 bits per heavy atom. The second kappa shape index (κ2) is 11.4. The molecule has 1 aliphatic heterocycles. The van der Waals surface area contributed by atoms with Crippen molar-refractivity contribution in [2.24, 2.45) is 7.05 Å². The van der Waals surface area contributed by atoms with Gasteiger partial charge < -0.3 is 30.6 Å². The zero-order valence-electron chi connectivity index (χ0n) is 23.0. The molecule has 39 heavy (non-hydrogen) atoms. The Bertz CT molecular complexity index is 1340. The normalized spacial score (nSPS) is 15.9. The number of fused-ring (bicyclic) bond motifs is 3. The number of aryl methyl sites for hydroxylation is 1. The first-order valence-electron chi connectivity index (χ1n) is 12.8. The predicted molar refractivity (Wildman–Crippen MR) is 149 cm³/mol. The quantitative estimate of drug-likeness (QED) is 0.379. The lowest BCUT2D eigenvalue weighted by molar-refractivity contribution is -0.140. The van der Waals surface area contributed by atoms with Crippen molar-refractivity contribution < 1.29 is 19.8 Å². The Balaban J connectivity index is 0.000000648. The summed E-state index contributed by atoms with van der Waals surface area (Å²) in [5, 5.41) is 25.6. The molecule has 1 aromatic carbocycles. The fourth-order valence-electron chi connectivity index (χ4n) is 5.03. The summed E-state index contributed by atoms with van der Waals surface area (Å²) in [6, 6.07) is 8.42. The summed E-state index contributed by atoms with van der Waals surface area (Å²) < 4.78 is 1.77. The molecule has 12 nitrogen and oxygen atoms in total. The van der Waals surface area contributed by atoms with Crippen LogP contribution in [0.15, 0.2) is 30.5 Å². The van der Waals surface area contributed by atoms with Gasteiger partial charge in [-0.05, 0) is 48.7 Å². The lowest BCUT2D eigenvalue weighted by atomic mass is 9.73. The Labute approximate surface area is 227 Å². The standard InChI is InChI=1S/C25H32N8O.C2H4O3/c1-25(2)14-16-15-27-24(29-20(16)22-19(25)21(23(34)26-3)30-32(22)5)28-17-6-8-18(9-7-17)33-12-10-31(4)11-13-33;3-1-2(4)5/h6-9,15H,10-14H2,1-5H3,(H,26,34)(H,27,28,29);3H,1H2,(H,4,5). The average Bonchev–Trinajstić information content (AvgIpc) is 3.28. The minimum Gasteiger partial charge on any atom is -0.480 e. The number of carbonyl (C=O) groups is 2. The number of hydrogen-bond acceptors (Lipinski definition) is 9. The number of likely N-dealkylation sites (N-methyl/N-ethyl adjacent to an activating group) is 1. The number of benzene rings is 1. The van der Waals surface area contributed by atoms with Crippen LogP contribution < -0.4 is 15.5 Å². The van der Waals surface area contributed by atoms with Gasteiger partial charge in [-0.15, -0.1) is 0 Å². The first-order chi connectivity index (χ1) is 18.5. The number of nitrogens with one attached hydrogen (secondary N) is 2. The van der Waals surface area contributed by atoms with Crippen LogP contribution in [-0.2, 0) is 23.7 Å². The van der Waals surface area contributed by atoms with Gasteiger partial charge in [-0.2, -0.15) is 5.10 Å². The Morgan fingerprint density at radius 3 is 2.31 bits per heavy atom. The van der Waals surface area contributed by atoms with Gasteiger partial charge in [0.2, 0.25) is 5.95 Å². The number of aliphatic hydroxyl groups excluding tert-OH is 1. The van der Waals surface area contributed by atoms with E-state index in [1.807, 2.05) is 13.2 Å². The SMILES string of the molecule is CNC(=O)c1nn(C)c2c1C(C)(C)Cc1cnc(Nc3ccc(N4CCN(C)CC4)cc3)nc1-2.O=C(O)CO. The number of aromatic nitrogens is 4. The van der Waals surface area contributed by atoms with Gasteiger partial charge in [0.1, 0.15) is 6.61 Å². The number of anilines is 3. The van der Waals surface area contributed by atoms with Crippen LogP contribution in [0.25, 0.3) is 11.4 Å². The molecule has 5 rings (SSSR count). The van der Waals surface area contributed by atoms with Gasteiger partial charge in [-0.3, -0.25) is 9.48 Å². The third kappa shape index (κ3) is 6.02. The van der Waals surface area contributed by atoms with E-state index in [1.54, 1.807) is 11.7 Å². The van der Waals surface area contributed by atoms with Crippen molar-refractivity contribution >= 4 is 29.2 Å². The molecule has 12 heteroatoms. The maximum absolute atomic E-state index is 12.5. The molecule has 2 aromatic heterocycles. The summed E-state index contributed by atoms with van der Waals surface area (Å²) in [5.41, 5.74) is 6.06. The number of hydrogen-bond donors (Lipinski definition) is 4. The summed E-state index contributed by atoms with van der Waals surface area (Å²) >= 11 is 0. The molecule has 4 N–H and O–H groups in total. The van der Waals surface area contributed by atoms with Crippen LogP contribution >= 0.6 is 0 Å². The van der Waals surface area contributed by atoms with Gasteiger partial charge in [-0.1, -0.05) is 13.8 Å². The van der Waals surface area contributed by atoms with Gasteiger partial charge in [-0.25, -0.2) is 14.8 Å². The van der Waals surface area contributed by atoms with Gasteiger partial charge >= 0.3 is 5.97 Å². The summed E-state index contributed by atoms with van der Waals surface area (Å²) in [4.78, 5) is 35.9. The first kappa shape index (κ1) is 28.0. The van der Waals surface area contributed by atoms with Gasteiger partial charge in [0.05, 0.1) is 11.4 Å². The molecule has 3 aromatic rings. The molecule has 0 radical (unpaired) electrons. The van der Waals surface area contributed by atoms with Crippen LogP contribution in [0, 0.1) is 0 Å². The lowest BCUT2D eigenvalue weighted by Crippen LogP contribution is -2.44. The van der Waals surface area contributed by atoms with Crippen LogP contribution in [0.5, 0.6) is 0 Å². The van der Waals surface area contributed by atoms with Crippen LogP contribution in [0.3, 0.4) is 0 Å². The van der Waals surface area contributed by atoms with Crippen LogP contribution in [0.1, 0.15) is 35.5 Å². The maximum atomic E-state index is 12.5.